The van der Waals surface area contributed by atoms with Crippen LogP contribution < -0.4 is 15.0 Å². The van der Waals surface area contributed by atoms with Crippen molar-refractivity contribution < 1.29 is 19.1 Å². The molecule has 1 aliphatic heterocycles. The summed E-state index contributed by atoms with van der Waals surface area (Å²) in [7, 11) is 0. The SMILES string of the molecule is Cc1cccc(N2CC(CNC(=O)COc3ccc(Cl)cc3)OC2=O)c1. The van der Waals surface area contributed by atoms with Crippen LogP contribution in [0.5, 0.6) is 5.75 Å². The number of anilines is 1. The molecule has 1 heterocycles. The molecule has 3 rings (SSSR count). The molecule has 0 radical (unpaired) electrons. The maximum Gasteiger partial charge on any atom is 0.414 e. The molecule has 0 spiro atoms. The van der Waals surface area contributed by atoms with Crippen molar-refractivity contribution in [2.75, 3.05) is 24.6 Å². The highest BCUT2D eigenvalue weighted by atomic mass is 35.5. The second-order valence-electron chi connectivity index (χ2n) is 6.00. The number of amides is 2. The molecule has 0 aliphatic carbocycles. The quantitative estimate of drug-likeness (QED) is 0.843. The number of aryl methyl sites for hydroxylation is 1. The summed E-state index contributed by atoms with van der Waals surface area (Å²) in [5.74, 6) is 0.271. The molecule has 0 saturated carbocycles. The predicted molar refractivity (Wildman–Crippen MR) is 98.8 cm³/mol. The van der Waals surface area contributed by atoms with Crippen LogP contribution in [-0.4, -0.2) is 37.8 Å². The molecular formula is C19H19ClN2O4. The van der Waals surface area contributed by atoms with Gasteiger partial charge in [0, 0.05) is 10.7 Å². The third-order valence-electron chi connectivity index (χ3n) is 3.90. The smallest absolute Gasteiger partial charge is 0.414 e. The predicted octanol–water partition coefficient (Wildman–Crippen LogP) is 3.17. The van der Waals surface area contributed by atoms with Gasteiger partial charge in [-0.2, -0.15) is 0 Å². The Labute approximate surface area is 156 Å². The van der Waals surface area contributed by atoms with Gasteiger partial charge in [-0.1, -0.05) is 23.7 Å². The highest BCUT2D eigenvalue weighted by molar-refractivity contribution is 6.30. The van der Waals surface area contributed by atoms with Gasteiger partial charge in [0.1, 0.15) is 11.9 Å². The number of halogens is 1. The summed E-state index contributed by atoms with van der Waals surface area (Å²) in [5.41, 5.74) is 1.85. The van der Waals surface area contributed by atoms with Gasteiger partial charge >= 0.3 is 6.09 Å². The van der Waals surface area contributed by atoms with Gasteiger partial charge in [0.05, 0.1) is 13.1 Å². The molecule has 1 N–H and O–H groups in total. The van der Waals surface area contributed by atoms with E-state index < -0.39 is 12.2 Å². The van der Waals surface area contributed by atoms with Crippen molar-refractivity contribution in [1.82, 2.24) is 5.32 Å². The van der Waals surface area contributed by atoms with E-state index in [0.717, 1.165) is 11.3 Å². The molecule has 0 aromatic heterocycles. The van der Waals surface area contributed by atoms with Gasteiger partial charge < -0.3 is 14.8 Å². The third kappa shape index (κ3) is 4.67. The lowest BCUT2D eigenvalue weighted by Crippen LogP contribution is -2.37. The van der Waals surface area contributed by atoms with Crippen LogP contribution in [-0.2, 0) is 9.53 Å². The zero-order valence-corrected chi connectivity index (χ0v) is 15.0. The van der Waals surface area contributed by atoms with Crippen molar-refractivity contribution in [3.63, 3.8) is 0 Å². The van der Waals surface area contributed by atoms with Crippen molar-refractivity contribution in [3.05, 3.63) is 59.1 Å². The first-order chi connectivity index (χ1) is 12.5. The van der Waals surface area contributed by atoms with Crippen LogP contribution >= 0.6 is 11.6 Å². The van der Waals surface area contributed by atoms with Crippen LogP contribution in [0, 0.1) is 6.92 Å². The zero-order valence-electron chi connectivity index (χ0n) is 14.3. The number of nitrogens with zero attached hydrogens (tertiary/aromatic N) is 1. The number of carbonyl (C=O) groups excluding carboxylic acids is 2. The first-order valence-electron chi connectivity index (χ1n) is 8.21. The fourth-order valence-electron chi connectivity index (χ4n) is 2.59. The molecule has 1 saturated heterocycles. The summed E-state index contributed by atoms with van der Waals surface area (Å²) in [6, 6.07) is 14.4. The summed E-state index contributed by atoms with van der Waals surface area (Å²) in [5, 5.41) is 3.32. The van der Waals surface area contributed by atoms with E-state index >= 15 is 0 Å². The molecule has 2 aromatic carbocycles. The standard InChI is InChI=1S/C19H19ClN2O4/c1-13-3-2-4-15(9-13)22-11-17(26-19(22)24)10-21-18(23)12-25-16-7-5-14(20)6-8-16/h2-9,17H,10-12H2,1H3,(H,21,23). The normalized spacial score (nSPS) is 16.3. The summed E-state index contributed by atoms with van der Waals surface area (Å²) >= 11 is 5.79. The van der Waals surface area contributed by atoms with Crippen LogP contribution in [0.3, 0.4) is 0 Å². The highest BCUT2D eigenvalue weighted by Crippen LogP contribution is 2.22. The van der Waals surface area contributed by atoms with E-state index in [9.17, 15) is 9.59 Å². The maximum atomic E-state index is 12.0. The summed E-state index contributed by atoms with van der Waals surface area (Å²) in [6.07, 6.45) is -0.810. The van der Waals surface area contributed by atoms with Crippen LogP contribution in [0.1, 0.15) is 5.56 Å². The number of cyclic esters (lactones) is 1. The summed E-state index contributed by atoms with van der Waals surface area (Å²) in [4.78, 5) is 25.5. The van der Waals surface area contributed by atoms with Gasteiger partial charge in [0.25, 0.3) is 5.91 Å². The number of carbonyl (C=O) groups is 2. The average molecular weight is 375 g/mol. The molecule has 1 fully saturated rings. The molecule has 1 atom stereocenters. The molecule has 7 heteroatoms. The first kappa shape index (κ1) is 18.1. The van der Waals surface area contributed by atoms with Gasteiger partial charge in [-0.15, -0.1) is 0 Å². The van der Waals surface area contributed by atoms with Gasteiger partial charge in [-0.05, 0) is 48.9 Å². The van der Waals surface area contributed by atoms with Crippen molar-refractivity contribution in [3.8, 4) is 5.75 Å². The molecule has 1 aliphatic rings. The number of ether oxygens (including phenoxy) is 2. The molecular weight excluding hydrogens is 356 g/mol. The molecule has 1 unspecified atom stereocenters. The van der Waals surface area contributed by atoms with Crippen LogP contribution in [0.25, 0.3) is 0 Å². The topological polar surface area (TPSA) is 67.9 Å². The van der Waals surface area contributed by atoms with E-state index in [-0.39, 0.29) is 19.1 Å². The second kappa shape index (κ2) is 8.10. The van der Waals surface area contributed by atoms with Crippen molar-refractivity contribution in [1.29, 1.82) is 0 Å². The van der Waals surface area contributed by atoms with Crippen LogP contribution in [0.4, 0.5) is 10.5 Å². The van der Waals surface area contributed by atoms with Crippen molar-refractivity contribution >= 4 is 29.3 Å². The van der Waals surface area contributed by atoms with Gasteiger partial charge in [0.2, 0.25) is 0 Å². The molecule has 136 valence electrons. The molecule has 0 bridgehead atoms. The molecule has 2 amide bonds. The Morgan fingerprint density at radius 1 is 1.31 bits per heavy atom. The minimum absolute atomic E-state index is 0.121. The lowest BCUT2D eigenvalue weighted by Gasteiger charge is -2.13. The monoisotopic (exact) mass is 374 g/mol. The number of rotatable bonds is 6. The second-order valence-corrected chi connectivity index (χ2v) is 6.44. The fraction of sp³-hybridized carbons (Fsp3) is 0.263. The lowest BCUT2D eigenvalue weighted by atomic mass is 10.2. The Kier molecular flexibility index (Phi) is 5.63. The Bertz CT molecular complexity index is 794. The van der Waals surface area contributed by atoms with E-state index in [1.54, 1.807) is 29.2 Å². The summed E-state index contributed by atoms with van der Waals surface area (Å²) in [6.45, 7) is 2.46. The average Bonchev–Trinajstić information content (AvgIpc) is 3.00. The highest BCUT2D eigenvalue weighted by Gasteiger charge is 2.32. The largest absolute Gasteiger partial charge is 0.484 e. The third-order valence-corrected chi connectivity index (χ3v) is 4.15. The van der Waals surface area contributed by atoms with E-state index in [4.69, 9.17) is 21.1 Å². The minimum Gasteiger partial charge on any atom is -0.484 e. The van der Waals surface area contributed by atoms with Gasteiger partial charge in [-0.25, -0.2) is 4.79 Å². The Hall–Kier alpha value is -2.73. The Morgan fingerprint density at radius 2 is 2.08 bits per heavy atom. The molecule has 26 heavy (non-hydrogen) atoms. The zero-order chi connectivity index (χ0) is 18.5. The molecule has 6 nitrogen and oxygen atoms in total. The van der Waals surface area contributed by atoms with E-state index in [0.29, 0.717) is 17.3 Å². The van der Waals surface area contributed by atoms with Gasteiger partial charge in [0.15, 0.2) is 6.61 Å². The molecule has 2 aromatic rings. The van der Waals surface area contributed by atoms with Gasteiger partial charge in [-0.3, -0.25) is 9.69 Å². The first-order valence-corrected chi connectivity index (χ1v) is 8.59. The number of benzene rings is 2. The van der Waals surface area contributed by atoms with E-state index in [2.05, 4.69) is 5.32 Å². The Morgan fingerprint density at radius 3 is 2.81 bits per heavy atom. The summed E-state index contributed by atoms with van der Waals surface area (Å²) < 4.78 is 10.7. The Balaban J connectivity index is 1.45. The minimum atomic E-state index is -0.410. The van der Waals surface area contributed by atoms with Crippen LogP contribution in [0.15, 0.2) is 48.5 Å². The number of nitrogens with one attached hydrogen (secondary N) is 1. The van der Waals surface area contributed by atoms with E-state index in [1.807, 2.05) is 31.2 Å². The fourth-order valence-corrected chi connectivity index (χ4v) is 2.72. The number of hydrogen-bond donors (Lipinski definition) is 1. The van der Waals surface area contributed by atoms with Crippen molar-refractivity contribution in [2.24, 2.45) is 0 Å². The van der Waals surface area contributed by atoms with E-state index in [1.165, 1.54) is 0 Å². The van der Waals surface area contributed by atoms with Crippen LogP contribution in [0.2, 0.25) is 5.02 Å². The number of hydrogen-bond acceptors (Lipinski definition) is 4. The van der Waals surface area contributed by atoms with Crippen molar-refractivity contribution in [2.45, 2.75) is 13.0 Å². The lowest BCUT2D eigenvalue weighted by molar-refractivity contribution is -0.123. The maximum absolute atomic E-state index is 12.0.